The minimum Gasteiger partial charge on any atom is -0.468 e. The Labute approximate surface area is 146 Å². The largest absolute Gasteiger partial charge is 0.468 e. The molecule has 0 bridgehead atoms. The van der Waals surface area contributed by atoms with Crippen LogP contribution in [0.3, 0.4) is 0 Å². The maximum absolute atomic E-state index is 11.9. The van der Waals surface area contributed by atoms with Gasteiger partial charge >= 0.3 is 0 Å². The molecule has 23 heavy (non-hydrogen) atoms. The lowest BCUT2D eigenvalue weighted by molar-refractivity contribution is -0.128. The Morgan fingerprint density at radius 2 is 2.13 bits per heavy atom. The summed E-state index contributed by atoms with van der Waals surface area (Å²) in [7, 11) is -2.90. The van der Waals surface area contributed by atoms with Gasteiger partial charge in [-0.25, -0.2) is 8.42 Å². The minimum absolute atomic E-state index is 0.211. The molecular weight excluding hydrogens is 361 g/mol. The number of ether oxygens (including phenoxy) is 1. The molecule has 5 nitrogen and oxygen atoms in total. The van der Waals surface area contributed by atoms with Crippen LogP contribution in [-0.2, 0) is 20.4 Å². The van der Waals surface area contributed by atoms with E-state index in [0.717, 1.165) is 18.4 Å². The first-order valence-corrected chi connectivity index (χ1v) is 9.06. The third-order valence-electron chi connectivity index (χ3n) is 3.74. The van der Waals surface area contributed by atoms with Crippen LogP contribution in [-0.4, -0.2) is 27.5 Å². The van der Waals surface area contributed by atoms with E-state index in [-0.39, 0.29) is 17.7 Å². The number of anilines is 1. The summed E-state index contributed by atoms with van der Waals surface area (Å²) < 4.78 is 29.8. The Kier molecular flexibility index (Phi) is 6.74. The van der Waals surface area contributed by atoms with Crippen molar-refractivity contribution in [2.45, 2.75) is 31.7 Å². The molecule has 1 aliphatic carbocycles. The lowest BCUT2D eigenvalue weighted by Gasteiger charge is -2.33. The van der Waals surface area contributed by atoms with E-state index in [9.17, 15) is 13.2 Å². The summed E-state index contributed by atoms with van der Waals surface area (Å²) in [6.45, 7) is 0.608. The summed E-state index contributed by atoms with van der Waals surface area (Å²) in [6, 6.07) is 4.57. The van der Waals surface area contributed by atoms with Crippen LogP contribution in [0.4, 0.5) is 5.69 Å². The molecule has 0 saturated carbocycles. The van der Waals surface area contributed by atoms with Gasteiger partial charge in [-0.1, -0.05) is 35.3 Å². The molecule has 0 spiro atoms. The van der Waals surface area contributed by atoms with Gasteiger partial charge in [-0.3, -0.25) is 9.10 Å². The van der Waals surface area contributed by atoms with Crippen LogP contribution in [0.5, 0.6) is 0 Å². The molecule has 0 aliphatic heterocycles. The second-order valence-corrected chi connectivity index (χ2v) is 6.79. The number of nitrogens with zero attached hydrogens (tertiary/aromatic N) is 1. The van der Waals surface area contributed by atoms with Crippen molar-refractivity contribution in [3.63, 3.8) is 0 Å². The first-order valence-electron chi connectivity index (χ1n) is 7.18. The number of halogens is 2. The molecule has 0 radical (unpaired) electrons. The summed E-state index contributed by atoms with van der Waals surface area (Å²) in [5.41, 5.74) is 1.29. The van der Waals surface area contributed by atoms with Gasteiger partial charge in [-0.15, -0.1) is 0 Å². The van der Waals surface area contributed by atoms with Crippen LogP contribution in [0.2, 0.25) is 10.0 Å². The average molecular weight is 378 g/mol. The van der Waals surface area contributed by atoms with E-state index in [1.165, 1.54) is 4.31 Å². The molecule has 1 aromatic carbocycles. The zero-order chi connectivity index (χ0) is 16.8. The molecule has 0 heterocycles. The molecule has 0 fully saturated rings. The zero-order valence-corrected chi connectivity index (χ0v) is 14.7. The highest BCUT2D eigenvalue weighted by Crippen LogP contribution is 2.37. The number of rotatable bonds is 7. The normalized spacial score (nSPS) is 17.7. The lowest BCUT2D eigenvalue weighted by atomic mass is 9.92. The molecule has 8 heteroatoms. The van der Waals surface area contributed by atoms with E-state index in [2.05, 4.69) is 0 Å². The minimum atomic E-state index is -2.90. The van der Waals surface area contributed by atoms with E-state index >= 15 is 0 Å². The van der Waals surface area contributed by atoms with E-state index in [1.54, 1.807) is 18.2 Å². The maximum atomic E-state index is 11.9. The van der Waals surface area contributed by atoms with Gasteiger partial charge in [0.25, 0.3) is 6.47 Å². The molecular formula is C15H17Cl2NO4S. The fourth-order valence-corrected chi connectivity index (χ4v) is 4.01. The molecule has 1 aliphatic rings. The number of hydrogen-bond acceptors (Lipinski definition) is 4. The Hall–Kier alpha value is -1.24. The van der Waals surface area contributed by atoms with E-state index in [0.29, 0.717) is 30.0 Å². The average Bonchev–Trinajstić information content (AvgIpc) is 2.53. The SMILES string of the molecule is O=COCCC1=CCCCC1N(c1cccc(Cl)c1Cl)[SH](=O)=O. The smallest absolute Gasteiger partial charge is 0.293 e. The summed E-state index contributed by atoms with van der Waals surface area (Å²) in [6.07, 6.45) is 4.92. The molecule has 126 valence electrons. The van der Waals surface area contributed by atoms with Crippen molar-refractivity contribution in [2.24, 2.45) is 0 Å². The molecule has 0 saturated heterocycles. The van der Waals surface area contributed by atoms with Crippen molar-refractivity contribution in [3.05, 3.63) is 39.9 Å². The Morgan fingerprint density at radius 1 is 1.35 bits per heavy atom. The summed E-state index contributed by atoms with van der Waals surface area (Å²) in [5, 5.41) is 0.513. The fourth-order valence-electron chi connectivity index (χ4n) is 2.73. The maximum Gasteiger partial charge on any atom is 0.293 e. The second-order valence-electron chi connectivity index (χ2n) is 5.10. The van der Waals surface area contributed by atoms with Crippen molar-refractivity contribution in [1.82, 2.24) is 0 Å². The van der Waals surface area contributed by atoms with Crippen LogP contribution in [0, 0.1) is 0 Å². The topological polar surface area (TPSA) is 63.7 Å². The van der Waals surface area contributed by atoms with Crippen LogP contribution < -0.4 is 4.31 Å². The van der Waals surface area contributed by atoms with Gasteiger partial charge in [0.1, 0.15) is 0 Å². The molecule has 2 rings (SSSR count). The number of allylic oxidation sites excluding steroid dienone is 1. The first kappa shape index (κ1) is 18.1. The predicted octanol–water partition coefficient (Wildman–Crippen LogP) is 3.37. The molecule has 1 atom stereocenters. The van der Waals surface area contributed by atoms with Gasteiger partial charge in [0.05, 0.1) is 28.4 Å². The standard InChI is InChI=1S/C15H17Cl2NO4S/c16-12-5-3-7-14(15(12)17)18(23(20)21)13-6-2-1-4-11(13)8-9-22-10-19/h3-5,7,10,13,23H,1-2,6,8-9H2. The van der Waals surface area contributed by atoms with Gasteiger partial charge in [0.15, 0.2) is 0 Å². The van der Waals surface area contributed by atoms with E-state index in [1.807, 2.05) is 6.08 Å². The Bertz CT molecular complexity index is 667. The third-order valence-corrected chi connectivity index (χ3v) is 5.40. The van der Waals surface area contributed by atoms with Gasteiger partial charge in [-0.05, 0) is 37.0 Å². The van der Waals surface area contributed by atoms with Gasteiger partial charge in [-0.2, -0.15) is 0 Å². The number of benzene rings is 1. The van der Waals surface area contributed by atoms with Crippen LogP contribution >= 0.6 is 23.2 Å². The van der Waals surface area contributed by atoms with E-state index in [4.69, 9.17) is 27.9 Å². The van der Waals surface area contributed by atoms with Gasteiger partial charge in [0.2, 0.25) is 10.9 Å². The van der Waals surface area contributed by atoms with Crippen LogP contribution in [0.15, 0.2) is 29.8 Å². The fraction of sp³-hybridized carbons (Fsp3) is 0.400. The Balaban J connectivity index is 2.35. The van der Waals surface area contributed by atoms with Crippen molar-refractivity contribution in [2.75, 3.05) is 10.9 Å². The van der Waals surface area contributed by atoms with Gasteiger partial charge < -0.3 is 4.74 Å². The highest BCUT2D eigenvalue weighted by Gasteiger charge is 2.28. The monoisotopic (exact) mass is 377 g/mol. The number of thiol groups is 1. The van der Waals surface area contributed by atoms with Crippen molar-refractivity contribution in [1.29, 1.82) is 0 Å². The molecule has 1 aromatic rings. The van der Waals surface area contributed by atoms with Crippen LogP contribution in [0.1, 0.15) is 25.7 Å². The summed E-state index contributed by atoms with van der Waals surface area (Å²) in [4.78, 5) is 10.3. The third kappa shape index (κ3) is 4.40. The van der Waals surface area contributed by atoms with E-state index < -0.39 is 10.9 Å². The molecule has 1 unspecified atom stereocenters. The predicted molar refractivity (Wildman–Crippen MR) is 91.6 cm³/mol. The molecule has 0 N–H and O–H groups in total. The summed E-state index contributed by atoms with van der Waals surface area (Å²) >= 11 is 12.2. The lowest BCUT2D eigenvalue weighted by Crippen LogP contribution is -2.37. The van der Waals surface area contributed by atoms with Crippen molar-refractivity contribution in [3.8, 4) is 0 Å². The van der Waals surface area contributed by atoms with Gasteiger partial charge in [0, 0.05) is 6.42 Å². The van der Waals surface area contributed by atoms with Crippen molar-refractivity contribution < 1.29 is 17.9 Å². The number of carbonyl (C=O) groups excluding carboxylic acids is 1. The highest BCUT2D eigenvalue weighted by atomic mass is 35.5. The molecule has 0 amide bonds. The number of carbonyl (C=O) groups is 1. The van der Waals surface area contributed by atoms with Crippen LogP contribution in [0.25, 0.3) is 0 Å². The Morgan fingerprint density at radius 3 is 2.83 bits per heavy atom. The first-order chi connectivity index (χ1) is 11.1. The number of hydrogen-bond donors (Lipinski definition) is 1. The highest BCUT2D eigenvalue weighted by molar-refractivity contribution is 7.74. The zero-order valence-electron chi connectivity index (χ0n) is 12.3. The van der Waals surface area contributed by atoms with Crippen molar-refractivity contribution >= 4 is 46.3 Å². The summed E-state index contributed by atoms with van der Waals surface area (Å²) in [5.74, 6) is 0. The quantitative estimate of drug-likeness (QED) is 0.342. The molecule has 0 aromatic heterocycles. The second kappa shape index (κ2) is 8.57.